The molecule has 1 aliphatic heterocycles. The first kappa shape index (κ1) is 40.5. The van der Waals surface area contributed by atoms with Crippen molar-refractivity contribution in [2.24, 2.45) is 4.99 Å². The van der Waals surface area contributed by atoms with E-state index in [-0.39, 0.29) is 18.4 Å². The van der Waals surface area contributed by atoms with Crippen LogP contribution in [-0.4, -0.2) is 61.3 Å². The van der Waals surface area contributed by atoms with Gasteiger partial charge >= 0.3 is 6.18 Å². The largest absolute Gasteiger partial charge is 0.405 e. The summed E-state index contributed by atoms with van der Waals surface area (Å²) in [5.41, 5.74) is 2.15. The summed E-state index contributed by atoms with van der Waals surface area (Å²) in [6.45, 7) is 11.1. The van der Waals surface area contributed by atoms with Gasteiger partial charge in [0.05, 0.1) is 11.8 Å². The first-order chi connectivity index (χ1) is 23.0. The predicted octanol–water partition coefficient (Wildman–Crippen LogP) is 8.63. The highest BCUT2D eigenvalue weighted by molar-refractivity contribution is 5.99. The number of hydrogen-bond donors (Lipinski definition) is 2. The van der Waals surface area contributed by atoms with E-state index in [9.17, 15) is 22.8 Å². The zero-order chi connectivity index (χ0) is 35.4. The Morgan fingerprint density at radius 1 is 1.06 bits per heavy atom. The summed E-state index contributed by atoms with van der Waals surface area (Å²) in [4.78, 5) is 32.2. The molecule has 1 saturated heterocycles. The number of allylic oxidation sites excluding steroid dienone is 9. The van der Waals surface area contributed by atoms with E-state index in [1.807, 2.05) is 81.5 Å². The molecular formula is C39H55F3N4O2. The lowest BCUT2D eigenvalue weighted by Gasteiger charge is -2.33. The molecule has 1 atom stereocenters. The van der Waals surface area contributed by atoms with Crippen molar-refractivity contribution in [1.29, 1.82) is 0 Å². The first-order valence-corrected chi connectivity index (χ1v) is 17.2. The van der Waals surface area contributed by atoms with Crippen LogP contribution < -0.4 is 10.6 Å². The van der Waals surface area contributed by atoms with Crippen molar-refractivity contribution in [3.8, 4) is 0 Å². The average Bonchev–Trinajstić information content (AvgIpc) is 3.39. The molecular weight excluding hydrogens is 613 g/mol. The van der Waals surface area contributed by atoms with Crippen molar-refractivity contribution in [3.05, 3.63) is 89.7 Å². The molecule has 2 amide bonds. The predicted molar refractivity (Wildman–Crippen MR) is 193 cm³/mol. The van der Waals surface area contributed by atoms with Gasteiger partial charge in [0.25, 0.3) is 0 Å². The van der Waals surface area contributed by atoms with Crippen LogP contribution in [0.1, 0.15) is 97.1 Å². The van der Waals surface area contributed by atoms with Gasteiger partial charge in [-0.2, -0.15) is 13.2 Å². The van der Waals surface area contributed by atoms with E-state index in [0.717, 1.165) is 61.3 Å². The van der Waals surface area contributed by atoms with E-state index in [0.29, 0.717) is 12.8 Å². The SMILES string of the molecule is C/C=C\C=C/C1=CC(CCCCN2CCC(NC(=O)CC=N/C(C)=C\C)CC2)(C(=O)NCC(F)(F)F)c2ccccc21.C/C=C\CCC. The monoisotopic (exact) mass is 668 g/mol. The third-order valence-corrected chi connectivity index (χ3v) is 8.48. The van der Waals surface area contributed by atoms with Gasteiger partial charge in [0.2, 0.25) is 11.8 Å². The summed E-state index contributed by atoms with van der Waals surface area (Å²) >= 11 is 0. The van der Waals surface area contributed by atoms with Crippen molar-refractivity contribution in [3.63, 3.8) is 0 Å². The molecule has 0 aromatic heterocycles. The zero-order valence-corrected chi connectivity index (χ0v) is 29.4. The number of alkyl halides is 3. The van der Waals surface area contributed by atoms with Crippen LogP contribution >= 0.6 is 0 Å². The number of benzene rings is 1. The van der Waals surface area contributed by atoms with Crippen LogP contribution in [0, 0.1) is 0 Å². The minimum absolute atomic E-state index is 0.0277. The van der Waals surface area contributed by atoms with Crippen LogP contribution in [0.3, 0.4) is 0 Å². The number of nitrogens with one attached hydrogen (secondary N) is 2. The summed E-state index contributed by atoms with van der Waals surface area (Å²) in [7, 11) is 0. The molecule has 0 radical (unpaired) electrons. The van der Waals surface area contributed by atoms with Gasteiger partial charge in [-0.05, 0) is 83.0 Å². The molecule has 1 aliphatic carbocycles. The Hall–Kier alpha value is -3.72. The Morgan fingerprint density at radius 2 is 1.79 bits per heavy atom. The van der Waals surface area contributed by atoms with E-state index in [4.69, 9.17) is 0 Å². The summed E-state index contributed by atoms with van der Waals surface area (Å²) in [6, 6.07) is 7.61. The third kappa shape index (κ3) is 13.8. The van der Waals surface area contributed by atoms with Gasteiger partial charge in [-0.1, -0.05) is 92.6 Å². The number of halogens is 3. The number of carbonyl (C=O) groups is 2. The van der Waals surface area contributed by atoms with Crippen molar-refractivity contribution in [2.75, 3.05) is 26.2 Å². The molecule has 0 bridgehead atoms. The fourth-order valence-electron chi connectivity index (χ4n) is 5.81. The van der Waals surface area contributed by atoms with Crippen LogP contribution in [0.4, 0.5) is 13.2 Å². The lowest BCUT2D eigenvalue weighted by atomic mass is 9.77. The molecule has 0 spiro atoms. The van der Waals surface area contributed by atoms with Gasteiger partial charge in [0, 0.05) is 31.0 Å². The number of likely N-dealkylation sites (tertiary alicyclic amines) is 1. The van der Waals surface area contributed by atoms with Crippen molar-refractivity contribution in [2.45, 2.75) is 104 Å². The molecule has 2 aliphatic rings. The lowest BCUT2D eigenvalue weighted by molar-refractivity contribution is -0.141. The molecule has 1 unspecified atom stereocenters. The molecule has 3 rings (SSSR count). The summed E-state index contributed by atoms with van der Waals surface area (Å²) in [5, 5.41) is 5.25. The van der Waals surface area contributed by atoms with E-state index in [1.54, 1.807) is 6.21 Å². The molecule has 1 aromatic rings. The second kappa shape index (κ2) is 21.3. The molecule has 1 aromatic carbocycles. The number of amides is 2. The van der Waals surface area contributed by atoms with Gasteiger partial charge in [0.1, 0.15) is 6.54 Å². The van der Waals surface area contributed by atoms with E-state index in [1.165, 1.54) is 12.8 Å². The Balaban J connectivity index is 0.00000122. The highest BCUT2D eigenvalue weighted by Gasteiger charge is 2.44. The normalized spacial score (nSPS) is 19.2. The van der Waals surface area contributed by atoms with Crippen LogP contribution in [0.2, 0.25) is 0 Å². The quantitative estimate of drug-likeness (QED) is 0.0851. The lowest BCUT2D eigenvalue weighted by Crippen LogP contribution is -2.46. The van der Waals surface area contributed by atoms with Crippen molar-refractivity contribution >= 4 is 23.6 Å². The standard InChI is InChI=1S/C33H43F3N4O2.C6H12/c1-4-6-7-12-26-23-32(29-14-9-8-13-28(26)29,31(42)38-24-33(34,35)36)18-10-11-20-40-21-16-27(17-22-40)39-30(41)15-19-37-25(3)5-2;1-3-5-6-4-2/h4-9,12-14,19,23,27H,10-11,15-18,20-22,24H2,1-3H3,(H,38,42)(H,39,41);3,5H,4,6H2,1-2H3/b6-4-,12-7-,25-5-,37-19?;5-3-. The van der Waals surface area contributed by atoms with E-state index in [2.05, 4.69) is 46.5 Å². The number of hydrogen-bond acceptors (Lipinski definition) is 4. The Bertz CT molecular complexity index is 1330. The first-order valence-electron chi connectivity index (χ1n) is 17.2. The van der Waals surface area contributed by atoms with Gasteiger partial charge in [-0.15, -0.1) is 0 Å². The van der Waals surface area contributed by atoms with Gasteiger partial charge in [-0.3, -0.25) is 14.6 Å². The Labute approximate surface area is 286 Å². The van der Waals surface area contributed by atoms with E-state index < -0.39 is 24.0 Å². The number of unbranched alkanes of at least 4 members (excludes halogenated alkanes) is 2. The minimum atomic E-state index is -4.49. The fourth-order valence-corrected chi connectivity index (χ4v) is 5.81. The number of nitrogens with zero attached hydrogens (tertiary/aromatic N) is 2. The third-order valence-electron chi connectivity index (χ3n) is 8.48. The molecule has 2 N–H and O–H groups in total. The Morgan fingerprint density at radius 3 is 2.42 bits per heavy atom. The fraction of sp³-hybridized carbons (Fsp3) is 0.513. The van der Waals surface area contributed by atoms with Crippen LogP contribution in [0.15, 0.2) is 83.6 Å². The number of aliphatic imine (C=N–C) groups is 1. The van der Waals surface area contributed by atoms with E-state index >= 15 is 0 Å². The minimum Gasteiger partial charge on any atom is -0.353 e. The molecule has 1 fully saturated rings. The van der Waals surface area contributed by atoms with Crippen molar-refractivity contribution < 1.29 is 22.8 Å². The Kier molecular flexibility index (Phi) is 17.9. The molecule has 48 heavy (non-hydrogen) atoms. The number of piperidine rings is 1. The second-order valence-electron chi connectivity index (χ2n) is 12.2. The molecule has 9 heteroatoms. The maximum Gasteiger partial charge on any atom is 0.405 e. The van der Waals surface area contributed by atoms with Gasteiger partial charge < -0.3 is 15.5 Å². The molecule has 264 valence electrons. The van der Waals surface area contributed by atoms with Crippen molar-refractivity contribution in [1.82, 2.24) is 15.5 Å². The van der Waals surface area contributed by atoms with Gasteiger partial charge in [-0.25, -0.2) is 0 Å². The van der Waals surface area contributed by atoms with Crippen LogP contribution in [0.5, 0.6) is 0 Å². The van der Waals surface area contributed by atoms with Crippen LogP contribution in [0.25, 0.3) is 5.57 Å². The average molecular weight is 669 g/mol. The summed E-state index contributed by atoms with van der Waals surface area (Å²) in [6.07, 6.45) is 19.1. The second-order valence-corrected chi connectivity index (χ2v) is 12.2. The summed E-state index contributed by atoms with van der Waals surface area (Å²) in [5.74, 6) is -0.649. The maximum absolute atomic E-state index is 13.4. The topological polar surface area (TPSA) is 73.8 Å². The number of fused-ring (bicyclic) bond motifs is 1. The molecule has 0 saturated carbocycles. The van der Waals surface area contributed by atoms with Gasteiger partial charge in [0.15, 0.2) is 0 Å². The zero-order valence-electron chi connectivity index (χ0n) is 29.4. The highest BCUT2D eigenvalue weighted by atomic mass is 19.4. The smallest absolute Gasteiger partial charge is 0.353 e. The number of carbonyl (C=O) groups excluding carboxylic acids is 2. The molecule has 6 nitrogen and oxygen atoms in total. The van der Waals surface area contributed by atoms with Crippen LogP contribution in [-0.2, 0) is 15.0 Å². The number of rotatable bonds is 15. The maximum atomic E-state index is 13.4. The highest BCUT2D eigenvalue weighted by Crippen LogP contribution is 2.45. The summed E-state index contributed by atoms with van der Waals surface area (Å²) < 4.78 is 39.1. The molecule has 1 heterocycles.